The molecule has 0 saturated heterocycles. The van der Waals surface area contributed by atoms with Gasteiger partial charge in [-0.25, -0.2) is 4.79 Å². The SMILES string of the molecule is COC(=O)c1ccc(C(=O)NCC(C(C)C)N(C)C)cc1. The van der Waals surface area contributed by atoms with E-state index in [1.807, 2.05) is 14.1 Å². The molecule has 0 aliphatic heterocycles. The van der Waals surface area contributed by atoms with Crippen LogP contribution >= 0.6 is 0 Å². The average Bonchev–Trinajstić information content (AvgIpc) is 2.45. The summed E-state index contributed by atoms with van der Waals surface area (Å²) in [6.45, 7) is 4.84. The molecule has 21 heavy (non-hydrogen) atoms. The number of likely N-dealkylation sites (N-methyl/N-ethyl adjacent to an activating group) is 1. The highest BCUT2D eigenvalue weighted by atomic mass is 16.5. The Morgan fingerprint density at radius 3 is 2.10 bits per heavy atom. The quantitative estimate of drug-likeness (QED) is 0.812. The van der Waals surface area contributed by atoms with Crippen LogP contribution in [-0.2, 0) is 4.74 Å². The van der Waals surface area contributed by atoms with Gasteiger partial charge in [0, 0.05) is 18.2 Å². The van der Waals surface area contributed by atoms with E-state index in [-0.39, 0.29) is 11.9 Å². The third-order valence-electron chi connectivity index (χ3n) is 3.47. The lowest BCUT2D eigenvalue weighted by atomic mass is 10.0. The largest absolute Gasteiger partial charge is 0.465 e. The Labute approximate surface area is 126 Å². The van der Waals surface area contributed by atoms with Crippen molar-refractivity contribution in [3.63, 3.8) is 0 Å². The second kappa shape index (κ2) is 7.78. The van der Waals surface area contributed by atoms with E-state index in [0.717, 1.165) is 0 Å². The number of nitrogens with one attached hydrogen (secondary N) is 1. The first-order valence-electron chi connectivity index (χ1n) is 6.99. The van der Waals surface area contributed by atoms with Crippen molar-refractivity contribution in [2.75, 3.05) is 27.7 Å². The van der Waals surface area contributed by atoms with Gasteiger partial charge in [-0.2, -0.15) is 0 Å². The van der Waals surface area contributed by atoms with E-state index in [0.29, 0.717) is 23.6 Å². The fourth-order valence-electron chi connectivity index (χ4n) is 2.19. The molecule has 1 atom stereocenters. The summed E-state index contributed by atoms with van der Waals surface area (Å²) in [7, 11) is 5.33. The second-order valence-electron chi connectivity index (χ2n) is 5.55. The van der Waals surface area contributed by atoms with Crippen LogP contribution in [0, 0.1) is 5.92 Å². The van der Waals surface area contributed by atoms with E-state index in [1.54, 1.807) is 24.3 Å². The van der Waals surface area contributed by atoms with Crippen molar-refractivity contribution >= 4 is 11.9 Å². The van der Waals surface area contributed by atoms with Gasteiger partial charge in [0.15, 0.2) is 0 Å². The monoisotopic (exact) mass is 292 g/mol. The standard InChI is InChI=1S/C16H24N2O3/c1-11(2)14(18(3)4)10-17-15(19)12-6-8-13(9-7-12)16(20)21-5/h6-9,11,14H,10H2,1-5H3,(H,17,19). The maximum atomic E-state index is 12.1. The summed E-state index contributed by atoms with van der Waals surface area (Å²) in [4.78, 5) is 25.5. The van der Waals surface area contributed by atoms with Crippen molar-refractivity contribution in [3.8, 4) is 0 Å². The Morgan fingerprint density at radius 1 is 1.14 bits per heavy atom. The van der Waals surface area contributed by atoms with Crippen molar-refractivity contribution < 1.29 is 14.3 Å². The molecule has 0 aliphatic carbocycles. The highest BCUT2D eigenvalue weighted by Gasteiger charge is 2.17. The number of carbonyl (C=O) groups is 2. The summed E-state index contributed by atoms with van der Waals surface area (Å²) in [5, 5.41) is 2.93. The van der Waals surface area contributed by atoms with Gasteiger partial charge < -0.3 is 15.0 Å². The molecule has 1 aromatic rings. The maximum Gasteiger partial charge on any atom is 0.337 e. The van der Waals surface area contributed by atoms with Crippen LogP contribution in [0.15, 0.2) is 24.3 Å². The molecule has 1 N–H and O–H groups in total. The molecule has 0 fully saturated rings. The molecule has 5 nitrogen and oxygen atoms in total. The summed E-state index contributed by atoms with van der Waals surface area (Å²) in [5.41, 5.74) is 0.964. The van der Waals surface area contributed by atoms with Gasteiger partial charge in [0.2, 0.25) is 0 Å². The molecule has 0 radical (unpaired) electrons. The third-order valence-corrected chi connectivity index (χ3v) is 3.47. The molecule has 1 amide bonds. The van der Waals surface area contributed by atoms with E-state index in [4.69, 9.17) is 0 Å². The molecule has 1 unspecified atom stereocenters. The molecule has 0 aliphatic rings. The van der Waals surface area contributed by atoms with Crippen molar-refractivity contribution in [2.45, 2.75) is 19.9 Å². The fourth-order valence-corrected chi connectivity index (χ4v) is 2.19. The zero-order valence-corrected chi connectivity index (χ0v) is 13.3. The van der Waals surface area contributed by atoms with Crippen LogP contribution in [0.25, 0.3) is 0 Å². The number of esters is 1. The summed E-state index contributed by atoms with van der Waals surface area (Å²) in [6, 6.07) is 6.71. The van der Waals surface area contributed by atoms with Gasteiger partial charge in [0.25, 0.3) is 5.91 Å². The van der Waals surface area contributed by atoms with Crippen LogP contribution in [0.1, 0.15) is 34.6 Å². The molecule has 0 bridgehead atoms. The van der Waals surface area contributed by atoms with E-state index < -0.39 is 5.97 Å². The molecular formula is C16H24N2O3. The molecular weight excluding hydrogens is 268 g/mol. The molecule has 5 heteroatoms. The Bertz CT molecular complexity index is 473. The second-order valence-corrected chi connectivity index (χ2v) is 5.55. The van der Waals surface area contributed by atoms with Crippen LogP contribution in [0.3, 0.4) is 0 Å². The van der Waals surface area contributed by atoms with Crippen molar-refractivity contribution in [1.82, 2.24) is 10.2 Å². The normalized spacial score (nSPS) is 12.3. The molecule has 0 aromatic heterocycles. The molecule has 0 spiro atoms. The number of ether oxygens (including phenoxy) is 1. The minimum Gasteiger partial charge on any atom is -0.465 e. The number of nitrogens with zero attached hydrogens (tertiary/aromatic N) is 1. The van der Waals surface area contributed by atoms with Crippen molar-refractivity contribution in [2.24, 2.45) is 5.92 Å². The van der Waals surface area contributed by atoms with E-state index in [9.17, 15) is 9.59 Å². The van der Waals surface area contributed by atoms with Crippen molar-refractivity contribution in [3.05, 3.63) is 35.4 Å². The number of benzene rings is 1. The highest BCUT2D eigenvalue weighted by molar-refractivity contribution is 5.96. The smallest absolute Gasteiger partial charge is 0.337 e. The van der Waals surface area contributed by atoms with Crippen LogP contribution in [0.5, 0.6) is 0 Å². The van der Waals surface area contributed by atoms with Crippen LogP contribution < -0.4 is 5.32 Å². The highest BCUT2D eigenvalue weighted by Crippen LogP contribution is 2.08. The number of amides is 1. The van der Waals surface area contributed by atoms with Gasteiger partial charge in [0.1, 0.15) is 0 Å². The predicted octanol–water partition coefficient (Wildman–Crippen LogP) is 1.79. The molecule has 0 saturated carbocycles. The van der Waals surface area contributed by atoms with Crippen LogP contribution in [0.4, 0.5) is 0 Å². The lowest BCUT2D eigenvalue weighted by Crippen LogP contribution is -2.43. The Kier molecular flexibility index (Phi) is 6.37. The van der Waals surface area contributed by atoms with E-state index in [1.165, 1.54) is 7.11 Å². The minimum absolute atomic E-state index is 0.140. The number of rotatable bonds is 6. The van der Waals surface area contributed by atoms with Gasteiger partial charge >= 0.3 is 5.97 Å². The summed E-state index contributed by atoms with van der Waals surface area (Å²) in [6.07, 6.45) is 0. The summed E-state index contributed by atoms with van der Waals surface area (Å²) in [5.74, 6) is -0.102. The lowest BCUT2D eigenvalue weighted by molar-refractivity contribution is 0.0600. The van der Waals surface area contributed by atoms with Gasteiger partial charge in [-0.3, -0.25) is 4.79 Å². The number of methoxy groups -OCH3 is 1. The van der Waals surface area contributed by atoms with Gasteiger partial charge in [-0.1, -0.05) is 13.8 Å². The third kappa shape index (κ3) is 4.86. The zero-order chi connectivity index (χ0) is 16.0. The van der Waals surface area contributed by atoms with Crippen LogP contribution in [-0.4, -0.2) is 50.6 Å². The first-order valence-corrected chi connectivity index (χ1v) is 6.99. The summed E-state index contributed by atoms with van der Waals surface area (Å²) >= 11 is 0. The van der Waals surface area contributed by atoms with E-state index >= 15 is 0 Å². The fraction of sp³-hybridized carbons (Fsp3) is 0.500. The topological polar surface area (TPSA) is 58.6 Å². The first kappa shape index (κ1) is 17.2. The van der Waals surface area contributed by atoms with Gasteiger partial charge in [0.05, 0.1) is 12.7 Å². The zero-order valence-electron chi connectivity index (χ0n) is 13.3. The number of hydrogen-bond acceptors (Lipinski definition) is 4. The number of hydrogen-bond donors (Lipinski definition) is 1. The van der Waals surface area contributed by atoms with Crippen molar-refractivity contribution in [1.29, 1.82) is 0 Å². The van der Waals surface area contributed by atoms with Gasteiger partial charge in [-0.15, -0.1) is 0 Å². The number of carbonyl (C=O) groups excluding carboxylic acids is 2. The molecule has 0 heterocycles. The minimum atomic E-state index is -0.408. The lowest BCUT2D eigenvalue weighted by Gasteiger charge is -2.28. The Balaban J connectivity index is 2.65. The Hall–Kier alpha value is -1.88. The Morgan fingerprint density at radius 2 is 1.67 bits per heavy atom. The molecule has 1 rings (SSSR count). The molecule has 1 aromatic carbocycles. The average molecular weight is 292 g/mol. The van der Waals surface area contributed by atoms with Gasteiger partial charge in [-0.05, 0) is 44.3 Å². The van der Waals surface area contributed by atoms with E-state index in [2.05, 4.69) is 28.8 Å². The van der Waals surface area contributed by atoms with Crippen LogP contribution in [0.2, 0.25) is 0 Å². The maximum absolute atomic E-state index is 12.1. The first-order chi connectivity index (χ1) is 9.86. The predicted molar refractivity (Wildman–Crippen MR) is 82.4 cm³/mol. The molecule has 116 valence electrons. The summed E-state index contributed by atoms with van der Waals surface area (Å²) < 4.78 is 4.62.